The van der Waals surface area contributed by atoms with E-state index in [1.807, 2.05) is 0 Å². The molecule has 1 saturated carbocycles. The zero-order valence-corrected chi connectivity index (χ0v) is 10.2. The van der Waals surface area contributed by atoms with Crippen LogP contribution in [-0.4, -0.2) is 16.3 Å². The summed E-state index contributed by atoms with van der Waals surface area (Å²) >= 11 is 2.91. The van der Waals surface area contributed by atoms with Gasteiger partial charge in [-0.2, -0.15) is 0 Å². The predicted molar refractivity (Wildman–Crippen MR) is 47.8 cm³/mol. The van der Waals surface area contributed by atoms with Crippen LogP contribution in [0.2, 0.25) is 4.78 Å². The Labute approximate surface area is 89.7 Å². The Morgan fingerprint density at radius 2 is 1.31 bits per heavy atom. The molecule has 1 rings (SSSR count). The molecule has 4 nitrogen and oxygen atoms in total. The molecule has 0 aromatic rings. The molecule has 13 heavy (non-hydrogen) atoms. The third kappa shape index (κ3) is 19.2. The van der Waals surface area contributed by atoms with Crippen LogP contribution in [0.5, 0.6) is 0 Å². The van der Waals surface area contributed by atoms with Crippen molar-refractivity contribution in [3.8, 4) is 0 Å². The second kappa shape index (κ2) is 15.1. The van der Waals surface area contributed by atoms with Gasteiger partial charge in [0.25, 0.3) is 0 Å². The fraction of sp³-hybridized carbons (Fsp3) is 1.00. The van der Waals surface area contributed by atoms with Crippen molar-refractivity contribution in [2.24, 2.45) is 0 Å². The first-order chi connectivity index (χ1) is 6.22. The van der Waals surface area contributed by atoms with Crippen molar-refractivity contribution in [1.29, 1.82) is 0 Å². The van der Waals surface area contributed by atoms with E-state index in [1.165, 1.54) is 32.1 Å². The van der Waals surface area contributed by atoms with E-state index in [1.54, 1.807) is 0 Å². The zero-order chi connectivity index (χ0) is 10.5. The number of hydrogen-bond acceptors (Lipinski definition) is 4. The van der Waals surface area contributed by atoms with Crippen LogP contribution in [0, 0.1) is 0 Å². The molecule has 0 aromatic carbocycles. The first-order valence-corrected chi connectivity index (χ1v) is 6.01. The average molecular weight is 236 g/mol. The minimum atomic E-state index is -1.08. The van der Waals surface area contributed by atoms with Crippen LogP contribution >= 0.6 is 17.4 Å². The normalized spacial score (nSPS) is 16.9. The van der Waals surface area contributed by atoms with Crippen molar-refractivity contribution in [2.45, 2.75) is 36.9 Å². The summed E-state index contributed by atoms with van der Waals surface area (Å²) in [7, 11) is -2.17. The third-order valence-corrected chi connectivity index (χ3v) is 2.32. The molecule has 0 unspecified atom stereocenters. The Balaban J connectivity index is 0. The van der Waals surface area contributed by atoms with Crippen LogP contribution in [0.4, 0.5) is 0 Å². The van der Waals surface area contributed by atoms with Gasteiger partial charge in [-0.15, -0.1) is 0 Å². The molecule has 0 N–H and O–H groups in total. The molecular formula is C6H11AlO4P2. The molecule has 7 heteroatoms. The summed E-state index contributed by atoms with van der Waals surface area (Å²) in [5.41, 5.74) is 0. The van der Waals surface area contributed by atoms with Gasteiger partial charge in [0.05, 0.1) is 17.4 Å². The first kappa shape index (κ1) is 16.1. The molecule has 0 atom stereocenters. The van der Waals surface area contributed by atoms with Crippen LogP contribution in [0.3, 0.4) is 0 Å². The average Bonchev–Trinajstić information content (AvgIpc) is 2.08. The van der Waals surface area contributed by atoms with Crippen LogP contribution in [0.25, 0.3) is 0 Å². The summed E-state index contributed by atoms with van der Waals surface area (Å²) in [4.78, 5) is 16.7. The van der Waals surface area contributed by atoms with Crippen LogP contribution in [0.15, 0.2) is 0 Å². The summed E-state index contributed by atoms with van der Waals surface area (Å²) in [6.07, 6.45) is 7.31. The van der Waals surface area contributed by atoms with Crippen molar-refractivity contribution in [3.63, 3.8) is 0 Å². The second-order valence-electron chi connectivity index (χ2n) is 2.55. The molecule has 0 radical (unpaired) electrons. The van der Waals surface area contributed by atoms with Crippen LogP contribution < -0.4 is 9.79 Å². The Morgan fingerprint density at radius 1 is 1.00 bits per heavy atom. The molecule has 0 aliphatic heterocycles. The van der Waals surface area contributed by atoms with Crippen molar-refractivity contribution >= 4 is 33.7 Å². The summed E-state index contributed by atoms with van der Waals surface area (Å²) in [5, 5.41) is 0. The van der Waals surface area contributed by atoms with E-state index in [9.17, 15) is 0 Å². The van der Waals surface area contributed by atoms with Gasteiger partial charge in [0.2, 0.25) is 0 Å². The maximum absolute atomic E-state index is 8.35. The maximum atomic E-state index is 8.35. The molecule has 0 heterocycles. The summed E-state index contributed by atoms with van der Waals surface area (Å²) in [5.74, 6) is 0. The van der Waals surface area contributed by atoms with Gasteiger partial charge in [0.15, 0.2) is 0 Å². The fourth-order valence-corrected chi connectivity index (χ4v) is 1.61. The molecule has 1 aliphatic carbocycles. The molecular weight excluding hydrogens is 225 g/mol. The summed E-state index contributed by atoms with van der Waals surface area (Å²) in [6, 6.07) is 0. The van der Waals surface area contributed by atoms with Crippen LogP contribution in [-0.2, 0) is 9.13 Å². The molecule has 1 aliphatic rings. The van der Waals surface area contributed by atoms with E-state index >= 15 is 0 Å². The van der Waals surface area contributed by atoms with Crippen molar-refractivity contribution in [2.75, 3.05) is 0 Å². The Hall–Kier alpha value is 0.652. The monoisotopic (exact) mass is 236 g/mol. The Bertz CT molecular complexity index is 113. The zero-order valence-electron chi connectivity index (χ0n) is 7.22. The first-order valence-electron chi connectivity index (χ1n) is 3.88. The van der Waals surface area contributed by atoms with Gasteiger partial charge in [-0.3, -0.25) is 9.13 Å². The van der Waals surface area contributed by atoms with E-state index < -0.39 is 17.4 Å². The molecule has 1 fully saturated rings. The second-order valence-corrected chi connectivity index (χ2v) is 3.79. The molecule has 0 amide bonds. The predicted octanol–water partition coefficient (Wildman–Crippen LogP) is 1.01. The quantitative estimate of drug-likeness (QED) is 0.464. The Morgan fingerprint density at radius 3 is 1.46 bits per heavy atom. The van der Waals surface area contributed by atoms with Crippen molar-refractivity contribution < 1.29 is 18.9 Å². The molecule has 0 saturated heterocycles. The molecule has 0 spiro atoms. The Kier molecular flexibility index (Phi) is 18.7. The van der Waals surface area contributed by atoms with E-state index in [0.29, 0.717) is 0 Å². The summed E-state index contributed by atoms with van der Waals surface area (Å²) in [6.45, 7) is 0. The molecule has 72 valence electrons. The minimum absolute atomic E-state index is 0.953. The number of rotatable bonds is 0. The fourth-order valence-electron chi connectivity index (χ4n) is 1.13. The van der Waals surface area contributed by atoms with Gasteiger partial charge in [0, 0.05) is 0 Å². The van der Waals surface area contributed by atoms with Gasteiger partial charge in [-0.05, 0) is 0 Å². The standard InChI is InChI=1S/C6H11.Al.2HO2P/c1-2-4-6-5-3-1;;2*1-3-2/h1H,2-6H2;;2*(H,1,2)/q;+2;;/p-2. The van der Waals surface area contributed by atoms with Gasteiger partial charge in [-0.25, -0.2) is 0 Å². The molecule has 0 bridgehead atoms. The topological polar surface area (TPSA) is 80.3 Å². The van der Waals surface area contributed by atoms with E-state index in [0.717, 1.165) is 4.78 Å². The third-order valence-electron chi connectivity index (χ3n) is 1.65. The van der Waals surface area contributed by atoms with Crippen molar-refractivity contribution in [3.05, 3.63) is 0 Å². The summed E-state index contributed by atoms with van der Waals surface area (Å²) < 4.78 is 17.6. The van der Waals surface area contributed by atoms with Crippen molar-refractivity contribution in [1.82, 2.24) is 0 Å². The van der Waals surface area contributed by atoms with Gasteiger partial charge < -0.3 is 9.79 Å². The van der Waals surface area contributed by atoms with E-state index in [-0.39, 0.29) is 0 Å². The van der Waals surface area contributed by atoms with E-state index in [2.05, 4.69) is 16.3 Å². The SMILES string of the molecule is O=P[O-].O=P[O-].[Al+2][CH]1CCCCC1. The van der Waals surface area contributed by atoms with E-state index in [4.69, 9.17) is 18.9 Å². The van der Waals surface area contributed by atoms with Crippen LogP contribution in [0.1, 0.15) is 32.1 Å². The number of hydrogen-bond donors (Lipinski definition) is 0. The van der Waals surface area contributed by atoms with Gasteiger partial charge >= 0.3 is 53.2 Å². The van der Waals surface area contributed by atoms with Gasteiger partial charge in [-0.1, -0.05) is 0 Å². The van der Waals surface area contributed by atoms with Gasteiger partial charge in [0.1, 0.15) is 0 Å². The molecule has 0 aromatic heterocycles.